The van der Waals surface area contributed by atoms with E-state index in [9.17, 15) is 0 Å². The van der Waals surface area contributed by atoms with Crippen LogP contribution in [0.25, 0.3) is 5.65 Å². The van der Waals surface area contributed by atoms with Crippen molar-refractivity contribution in [2.24, 2.45) is 5.41 Å². The molecule has 0 aliphatic carbocycles. The Morgan fingerprint density at radius 1 is 1.03 bits per heavy atom. The predicted octanol–water partition coefficient (Wildman–Crippen LogP) is 4.20. The molecule has 8 nitrogen and oxygen atoms in total. The maximum atomic E-state index is 6.16. The molecule has 3 N–H and O–H groups in total. The summed E-state index contributed by atoms with van der Waals surface area (Å²) < 4.78 is 7.98. The maximum Gasteiger partial charge on any atom is 0.229 e. The molecule has 1 aromatic carbocycles. The SMILES string of the molecule is CC(C)c1cnn2c3nc(nc12)NCC1(CCCCCOc2ccccc2CN3)CCNC1. The van der Waals surface area contributed by atoms with Crippen molar-refractivity contribution in [1.29, 1.82) is 0 Å². The summed E-state index contributed by atoms with van der Waals surface area (Å²) >= 11 is 0. The van der Waals surface area contributed by atoms with Crippen molar-refractivity contribution >= 4 is 17.5 Å². The summed E-state index contributed by atoms with van der Waals surface area (Å²) in [5.74, 6) is 2.61. The highest BCUT2D eigenvalue weighted by Gasteiger charge is 2.33. The molecule has 4 heterocycles. The summed E-state index contributed by atoms with van der Waals surface area (Å²) in [7, 11) is 0. The molecule has 5 rings (SSSR count). The normalized spacial score (nSPS) is 22.0. The first-order valence-corrected chi connectivity index (χ1v) is 12.3. The minimum atomic E-state index is 0.245. The second kappa shape index (κ2) is 9.55. The molecular weight excluding hydrogens is 414 g/mol. The van der Waals surface area contributed by atoms with Gasteiger partial charge in [-0.1, -0.05) is 44.9 Å². The molecule has 2 aliphatic heterocycles. The average molecular weight is 450 g/mol. The van der Waals surface area contributed by atoms with E-state index >= 15 is 0 Å². The van der Waals surface area contributed by atoms with Crippen molar-refractivity contribution in [3.63, 3.8) is 0 Å². The number of fused-ring (bicyclic) bond motifs is 5. The number of aromatic nitrogens is 4. The number of rotatable bonds is 1. The fourth-order valence-corrected chi connectivity index (χ4v) is 4.94. The van der Waals surface area contributed by atoms with Gasteiger partial charge >= 0.3 is 0 Å². The molecule has 8 heteroatoms. The lowest BCUT2D eigenvalue weighted by Crippen LogP contribution is -2.33. The molecule has 0 saturated carbocycles. The Labute approximate surface area is 195 Å². The first-order chi connectivity index (χ1) is 16.1. The van der Waals surface area contributed by atoms with Crippen molar-refractivity contribution in [3.8, 4) is 5.75 Å². The highest BCUT2D eigenvalue weighted by molar-refractivity contribution is 5.56. The Balaban J connectivity index is 1.51. The van der Waals surface area contributed by atoms with Crippen LogP contribution in [0, 0.1) is 5.41 Å². The largest absolute Gasteiger partial charge is 0.493 e. The second-order valence-corrected chi connectivity index (χ2v) is 9.76. The minimum Gasteiger partial charge on any atom is -0.493 e. The average Bonchev–Trinajstić information content (AvgIpc) is 3.46. The molecule has 3 aromatic rings. The third kappa shape index (κ3) is 4.76. The summed E-state index contributed by atoms with van der Waals surface area (Å²) in [4.78, 5) is 9.72. The standard InChI is InChI=1S/C25H35N7O/c1-18(2)20-15-29-32-22(20)30-23-28-17-25(11-12-26-16-25)10-6-3-7-13-33-21-9-5-4-8-19(21)14-27-24(32)31-23/h4-5,8-9,15,18,26H,3,6-7,10-14,16-17H2,1-2H3,(H2,27,28,30,31). The number of ether oxygens (including phenoxy) is 1. The molecule has 1 atom stereocenters. The highest BCUT2D eigenvalue weighted by atomic mass is 16.5. The van der Waals surface area contributed by atoms with Gasteiger partial charge < -0.3 is 20.7 Å². The van der Waals surface area contributed by atoms with Crippen LogP contribution in [0.1, 0.15) is 63.0 Å². The van der Waals surface area contributed by atoms with Crippen LogP contribution in [0.4, 0.5) is 11.9 Å². The minimum absolute atomic E-state index is 0.245. The number of hydrogen-bond donors (Lipinski definition) is 3. The van der Waals surface area contributed by atoms with Crippen LogP contribution in [-0.2, 0) is 6.54 Å². The van der Waals surface area contributed by atoms with E-state index in [4.69, 9.17) is 14.7 Å². The van der Waals surface area contributed by atoms with Gasteiger partial charge in [0.05, 0.1) is 12.8 Å². The summed E-state index contributed by atoms with van der Waals surface area (Å²) in [5.41, 5.74) is 3.33. The number of hydrogen-bond acceptors (Lipinski definition) is 7. The van der Waals surface area contributed by atoms with E-state index in [1.165, 1.54) is 25.7 Å². The van der Waals surface area contributed by atoms with Gasteiger partial charge in [0.1, 0.15) is 5.75 Å². The Morgan fingerprint density at radius 2 is 1.94 bits per heavy atom. The molecule has 2 aromatic heterocycles. The Hall–Kier alpha value is -2.87. The summed E-state index contributed by atoms with van der Waals surface area (Å²) in [6.45, 7) is 8.69. The van der Waals surface area contributed by atoms with E-state index in [1.807, 2.05) is 28.9 Å². The molecule has 176 valence electrons. The van der Waals surface area contributed by atoms with E-state index in [2.05, 4.69) is 41.0 Å². The predicted molar refractivity (Wildman–Crippen MR) is 131 cm³/mol. The summed E-state index contributed by atoms with van der Waals surface area (Å²) in [5, 5.41) is 15.3. The Morgan fingerprint density at radius 3 is 2.79 bits per heavy atom. The van der Waals surface area contributed by atoms with E-state index < -0.39 is 0 Å². The van der Waals surface area contributed by atoms with E-state index in [0.29, 0.717) is 24.4 Å². The topological polar surface area (TPSA) is 88.4 Å². The third-order valence-corrected chi connectivity index (χ3v) is 6.99. The molecule has 1 saturated heterocycles. The second-order valence-electron chi connectivity index (χ2n) is 9.76. The van der Waals surface area contributed by atoms with Crippen LogP contribution in [0.2, 0.25) is 0 Å². The van der Waals surface area contributed by atoms with Gasteiger partial charge in [-0.05, 0) is 37.8 Å². The first kappa shape index (κ1) is 21.9. The zero-order valence-corrected chi connectivity index (χ0v) is 19.7. The van der Waals surface area contributed by atoms with Gasteiger partial charge in [-0.2, -0.15) is 19.6 Å². The molecule has 1 spiro atoms. The van der Waals surface area contributed by atoms with Crippen LogP contribution in [0.15, 0.2) is 30.5 Å². The van der Waals surface area contributed by atoms with Crippen LogP contribution in [0.5, 0.6) is 5.75 Å². The van der Waals surface area contributed by atoms with Crippen LogP contribution in [0.3, 0.4) is 0 Å². The summed E-state index contributed by atoms with van der Waals surface area (Å²) in [6.07, 6.45) is 7.75. The molecule has 0 radical (unpaired) electrons. The lowest BCUT2D eigenvalue weighted by Gasteiger charge is -2.29. The molecule has 1 unspecified atom stereocenters. The quantitative estimate of drug-likeness (QED) is 0.513. The van der Waals surface area contributed by atoms with Crippen LogP contribution in [-0.4, -0.2) is 45.8 Å². The van der Waals surface area contributed by atoms with Gasteiger partial charge in [0.2, 0.25) is 11.9 Å². The third-order valence-electron chi connectivity index (χ3n) is 6.99. The molecule has 0 amide bonds. The fourth-order valence-electron chi connectivity index (χ4n) is 4.94. The molecule has 2 bridgehead atoms. The molecule has 2 aliphatic rings. The van der Waals surface area contributed by atoms with Crippen LogP contribution < -0.4 is 20.7 Å². The lowest BCUT2D eigenvalue weighted by molar-refractivity contribution is 0.278. The Bertz CT molecular complexity index is 1090. The lowest BCUT2D eigenvalue weighted by atomic mass is 9.81. The molecular formula is C25H35N7O. The number of nitrogens with one attached hydrogen (secondary N) is 3. The Kier molecular flexibility index (Phi) is 6.35. The van der Waals surface area contributed by atoms with Crippen molar-refractivity contribution in [2.45, 2.75) is 58.4 Å². The van der Waals surface area contributed by atoms with Gasteiger partial charge in [0, 0.05) is 36.2 Å². The maximum absolute atomic E-state index is 6.16. The molecule has 33 heavy (non-hydrogen) atoms. The number of nitrogens with zero attached hydrogens (tertiary/aromatic N) is 4. The number of anilines is 2. The van der Waals surface area contributed by atoms with Gasteiger partial charge in [-0.25, -0.2) is 0 Å². The number of benzene rings is 1. The van der Waals surface area contributed by atoms with Gasteiger partial charge in [-0.15, -0.1) is 0 Å². The van der Waals surface area contributed by atoms with E-state index in [-0.39, 0.29) is 5.41 Å². The smallest absolute Gasteiger partial charge is 0.229 e. The van der Waals surface area contributed by atoms with Crippen molar-refractivity contribution in [3.05, 3.63) is 41.6 Å². The monoisotopic (exact) mass is 449 g/mol. The molecule has 1 fully saturated rings. The fraction of sp³-hybridized carbons (Fsp3) is 0.560. The number of para-hydroxylation sites is 1. The van der Waals surface area contributed by atoms with Gasteiger partial charge in [0.25, 0.3) is 0 Å². The van der Waals surface area contributed by atoms with Crippen molar-refractivity contribution < 1.29 is 4.74 Å². The van der Waals surface area contributed by atoms with E-state index in [0.717, 1.165) is 55.2 Å². The van der Waals surface area contributed by atoms with Gasteiger partial charge in [-0.3, -0.25) is 0 Å². The highest BCUT2D eigenvalue weighted by Crippen LogP contribution is 2.33. The van der Waals surface area contributed by atoms with Crippen molar-refractivity contribution in [1.82, 2.24) is 24.9 Å². The zero-order chi connectivity index (χ0) is 22.7. The van der Waals surface area contributed by atoms with Crippen molar-refractivity contribution in [2.75, 3.05) is 36.9 Å². The van der Waals surface area contributed by atoms with Crippen LogP contribution >= 0.6 is 0 Å². The zero-order valence-electron chi connectivity index (χ0n) is 19.7. The summed E-state index contributed by atoms with van der Waals surface area (Å²) in [6, 6.07) is 8.22. The van der Waals surface area contributed by atoms with Gasteiger partial charge in [0.15, 0.2) is 5.65 Å². The first-order valence-electron chi connectivity index (χ1n) is 12.3. The van der Waals surface area contributed by atoms with E-state index in [1.54, 1.807) is 0 Å².